The number of ether oxygens (including phenoxy) is 4. The zero-order valence-electron chi connectivity index (χ0n) is 19.6. The summed E-state index contributed by atoms with van der Waals surface area (Å²) in [5.41, 5.74) is 1.88. The Kier molecular flexibility index (Phi) is 6.96. The lowest BCUT2D eigenvalue weighted by Gasteiger charge is -2.19. The van der Waals surface area contributed by atoms with Crippen LogP contribution >= 0.6 is 0 Å². The number of carbonyl (C=O) groups is 1. The summed E-state index contributed by atoms with van der Waals surface area (Å²) in [7, 11) is 4.42. The van der Waals surface area contributed by atoms with Crippen molar-refractivity contribution in [1.29, 1.82) is 0 Å². The molecule has 180 valence electrons. The fourth-order valence-electron chi connectivity index (χ4n) is 3.93. The second-order valence-electron chi connectivity index (χ2n) is 7.73. The van der Waals surface area contributed by atoms with Gasteiger partial charge in [0.2, 0.25) is 5.78 Å². The molecule has 0 fully saturated rings. The van der Waals surface area contributed by atoms with Gasteiger partial charge in [-0.05, 0) is 29.7 Å². The number of carbonyl (C=O) groups excluding carboxylic acids is 1. The van der Waals surface area contributed by atoms with Crippen LogP contribution in [0.25, 0.3) is 0 Å². The lowest BCUT2D eigenvalue weighted by molar-refractivity contribution is -0.385. The molecule has 3 aromatic carbocycles. The summed E-state index contributed by atoms with van der Waals surface area (Å²) in [5.74, 6) is 0.754. The van der Waals surface area contributed by atoms with Gasteiger partial charge in [-0.2, -0.15) is 0 Å². The Bertz CT molecular complexity index is 1300. The molecule has 0 amide bonds. The number of ketones is 1. The first kappa shape index (κ1) is 23.7. The monoisotopic (exact) mass is 476 g/mol. The molecule has 35 heavy (non-hydrogen) atoms. The van der Waals surface area contributed by atoms with Gasteiger partial charge < -0.3 is 18.9 Å². The van der Waals surface area contributed by atoms with Crippen LogP contribution in [-0.2, 0) is 13.0 Å². The molecule has 0 aliphatic carbocycles. The van der Waals surface area contributed by atoms with Crippen LogP contribution < -0.4 is 18.9 Å². The average Bonchev–Trinajstić information content (AvgIpc) is 2.90. The van der Waals surface area contributed by atoms with Gasteiger partial charge in [0.05, 0.1) is 32.3 Å². The highest BCUT2D eigenvalue weighted by Crippen LogP contribution is 2.37. The lowest BCUT2D eigenvalue weighted by atomic mass is 9.91. The number of hydrogen-bond donors (Lipinski definition) is 0. The summed E-state index contributed by atoms with van der Waals surface area (Å²) >= 11 is 0. The van der Waals surface area contributed by atoms with Crippen molar-refractivity contribution in [2.24, 2.45) is 4.99 Å². The third-order valence-electron chi connectivity index (χ3n) is 5.69. The van der Waals surface area contributed by atoms with E-state index >= 15 is 0 Å². The maximum Gasteiger partial charge on any atom is 0.284 e. The Morgan fingerprint density at radius 1 is 0.943 bits per heavy atom. The SMILES string of the molecule is COc1cc2c(cc1OC)C(C(=O)c1cc(OCc3ccccc3)c(OC)cc1[N+](=O)[O-])=NCC2. The first-order valence-electron chi connectivity index (χ1n) is 10.8. The molecule has 0 N–H and O–H groups in total. The molecular formula is C26H24N2O7. The van der Waals surface area contributed by atoms with Gasteiger partial charge in [0, 0.05) is 18.2 Å². The van der Waals surface area contributed by atoms with Crippen LogP contribution in [0, 0.1) is 10.1 Å². The van der Waals surface area contributed by atoms with Crippen molar-refractivity contribution in [3.05, 3.63) is 87.0 Å². The zero-order valence-corrected chi connectivity index (χ0v) is 19.6. The van der Waals surface area contributed by atoms with Crippen LogP contribution in [-0.4, -0.2) is 44.3 Å². The third-order valence-corrected chi connectivity index (χ3v) is 5.69. The summed E-state index contributed by atoms with van der Waals surface area (Å²) in [4.78, 5) is 29.3. The number of nitro groups is 1. The fourth-order valence-corrected chi connectivity index (χ4v) is 3.93. The van der Waals surface area contributed by atoms with Crippen LogP contribution in [0.4, 0.5) is 5.69 Å². The van der Waals surface area contributed by atoms with Gasteiger partial charge >= 0.3 is 0 Å². The predicted octanol–water partition coefficient (Wildman–Crippen LogP) is 4.43. The molecule has 0 atom stereocenters. The molecule has 0 aromatic heterocycles. The highest BCUT2D eigenvalue weighted by atomic mass is 16.6. The second-order valence-corrected chi connectivity index (χ2v) is 7.73. The van der Waals surface area contributed by atoms with Crippen molar-refractivity contribution >= 4 is 17.2 Å². The van der Waals surface area contributed by atoms with E-state index in [1.54, 1.807) is 12.1 Å². The van der Waals surface area contributed by atoms with E-state index in [0.717, 1.165) is 11.1 Å². The summed E-state index contributed by atoms with van der Waals surface area (Å²) in [5, 5.41) is 11.9. The van der Waals surface area contributed by atoms with E-state index in [1.807, 2.05) is 30.3 Å². The van der Waals surface area contributed by atoms with Gasteiger partial charge in [-0.3, -0.25) is 19.9 Å². The Balaban J connectivity index is 1.76. The molecule has 1 heterocycles. The molecule has 0 saturated carbocycles. The van der Waals surface area contributed by atoms with Crippen molar-refractivity contribution in [1.82, 2.24) is 0 Å². The molecule has 1 aliphatic heterocycles. The summed E-state index contributed by atoms with van der Waals surface area (Å²) in [6.07, 6.45) is 0.600. The van der Waals surface area contributed by atoms with Crippen molar-refractivity contribution in [3.63, 3.8) is 0 Å². The number of aliphatic imine (C=N–C) groups is 1. The minimum absolute atomic E-state index is 0.120. The van der Waals surface area contributed by atoms with Crippen LogP contribution in [0.2, 0.25) is 0 Å². The van der Waals surface area contributed by atoms with E-state index in [1.165, 1.54) is 33.5 Å². The first-order valence-corrected chi connectivity index (χ1v) is 10.8. The Labute approximate surface area is 202 Å². The Morgan fingerprint density at radius 2 is 1.60 bits per heavy atom. The third kappa shape index (κ3) is 4.79. The Hall–Kier alpha value is -4.40. The maximum atomic E-state index is 13.7. The molecule has 1 aliphatic rings. The number of benzene rings is 3. The van der Waals surface area contributed by atoms with Crippen LogP contribution in [0.3, 0.4) is 0 Å². The van der Waals surface area contributed by atoms with Gasteiger partial charge in [0.15, 0.2) is 23.0 Å². The van der Waals surface area contributed by atoms with Crippen LogP contribution in [0.15, 0.2) is 59.6 Å². The quantitative estimate of drug-likeness (QED) is 0.255. The number of methoxy groups -OCH3 is 3. The second kappa shape index (κ2) is 10.3. The number of nitro benzene ring substituents is 1. The molecule has 0 bridgehead atoms. The van der Waals surface area contributed by atoms with E-state index < -0.39 is 16.4 Å². The number of hydrogen-bond acceptors (Lipinski definition) is 8. The van der Waals surface area contributed by atoms with Crippen molar-refractivity contribution in [3.8, 4) is 23.0 Å². The van der Waals surface area contributed by atoms with Gasteiger partial charge in [-0.1, -0.05) is 30.3 Å². The fraction of sp³-hybridized carbons (Fsp3) is 0.231. The molecule has 0 saturated heterocycles. The normalized spacial score (nSPS) is 12.3. The van der Waals surface area contributed by atoms with E-state index in [9.17, 15) is 14.9 Å². The standard InChI is InChI=1S/C26H24N2O7/c1-32-21-11-17-9-10-27-25(18(17)12-22(21)33-2)26(29)19-13-24(23(34-3)14-20(19)28(30)31)35-15-16-7-5-4-6-8-16/h4-8,11-14H,9-10,15H2,1-3H3. The predicted molar refractivity (Wildman–Crippen MR) is 129 cm³/mol. The number of nitrogens with zero attached hydrogens (tertiary/aromatic N) is 2. The van der Waals surface area contributed by atoms with Crippen LogP contribution in [0.5, 0.6) is 23.0 Å². The van der Waals surface area contributed by atoms with Gasteiger partial charge in [0.25, 0.3) is 5.69 Å². The smallest absolute Gasteiger partial charge is 0.284 e. The van der Waals surface area contributed by atoms with Gasteiger partial charge in [-0.25, -0.2) is 0 Å². The molecule has 4 rings (SSSR count). The van der Waals surface area contributed by atoms with Gasteiger partial charge in [0.1, 0.15) is 17.9 Å². The maximum absolute atomic E-state index is 13.7. The molecule has 0 radical (unpaired) electrons. The highest BCUT2D eigenvalue weighted by molar-refractivity contribution is 6.52. The molecule has 3 aromatic rings. The molecule has 0 unspecified atom stereocenters. The zero-order chi connectivity index (χ0) is 24.9. The van der Waals surface area contributed by atoms with Crippen molar-refractivity contribution < 1.29 is 28.7 Å². The average molecular weight is 476 g/mol. The minimum Gasteiger partial charge on any atom is -0.493 e. The van der Waals surface area contributed by atoms with E-state index in [2.05, 4.69) is 4.99 Å². The largest absolute Gasteiger partial charge is 0.493 e. The van der Waals surface area contributed by atoms with E-state index in [4.69, 9.17) is 18.9 Å². The molecular weight excluding hydrogens is 452 g/mol. The van der Waals surface area contributed by atoms with Gasteiger partial charge in [-0.15, -0.1) is 0 Å². The van der Waals surface area contributed by atoms with Crippen LogP contribution in [0.1, 0.15) is 27.0 Å². The summed E-state index contributed by atoms with van der Waals surface area (Å²) in [6, 6.07) is 15.4. The van der Waals surface area contributed by atoms with Crippen molar-refractivity contribution in [2.45, 2.75) is 13.0 Å². The van der Waals surface area contributed by atoms with Crippen molar-refractivity contribution in [2.75, 3.05) is 27.9 Å². The topological polar surface area (TPSA) is 109 Å². The summed E-state index contributed by atoms with van der Waals surface area (Å²) < 4.78 is 22.0. The molecule has 9 heteroatoms. The lowest BCUT2D eigenvalue weighted by Crippen LogP contribution is -2.23. The van der Waals surface area contributed by atoms with E-state index in [-0.39, 0.29) is 29.4 Å². The first-order chi connectivity index (χ1) is 17.0. The number of Topliss-reactive ketones (excluding diaryl/α,β-unsaturated/α-hetero) is 1. The molecule has 9 nitrogen and oxygen atoms in total. The molecule has 0 spiro atoms. The highest BCUT2D eigenvalue weighted by Gasteiger charge is 2.31. The Morgan fingerprint density at radius 3 is 2.26 bits per heavy atom. The minimum atomic E-state index is -0.615. The number of fused-ring (bicyclic) bond motifs is 1. The number of rotatable bonds is 9. The summed E-state index contributed by atoms with van der Waals surface area (Å²) in [6.45, 7) is 0.564. The van der Waals surface area contributed by atoms with E-state index in [0.29, 0.717) is 30.0 Å².